The van der Waals surface area contributed by atoms with Gasteiger partial charge >= 0.3 is 0 Å². The summed E-state index contributed by atoms with van der Waals surface area (Å²) < 4.78 is 9.51. The van der Waals surface area contributed by atoms with E-state index in [4.69, 9.17) is 4.42 Å². The molecule has 0 amide bonds. The van der Waals surface area contributed by atoms with Gasteiger partial charge in [-0.1, -0.05) is 199 Å². The zero-order chi connectivity index (χ0) is 46.1. The molecule has 13 rings (SSSR count). The number of nitrogens with zero attached hydrogens (tertiary/aromatic N) is 1. The summed E-state index contributed by atoms with van der Waals surface area (Å²) in [7, 11) is 0. The maximum Gasteiger partial charge on any atom is 0.136 e. The first-order valence-corrected chi connectivity index (χ1v) is 24.0. The van der Waals surface area contributed by atoms with Crippen LogP contribution in [0.4, 0.5) is 0 Å². The summed E-state index contributed by atoms with van der Waals surface area (Å²) >= 11 is 0. The van der Waals surface area contributed by atoms with Gasteiger partial charge in [0.1, 0.15) is 11.2 Å². The van der Waals surface area contributed by atoms with Gasteiger partial charge in [-0.25, -0.2) is 0 Å². The molecule has 0 aliphatic carbocycles. The highest BCUT2D eigenvalue weighted by molar-refractivity contribution is 6.26. The van der Waals surface area contributed by atoms with Crippen molar-refractivity contribution < 1.29 is 4.42 Å². The first-order valence-electron chi connectivity index (χ1n) is 24.0. The lowest BCUT2D eigenvalue weighted by Crippen LogP contribution is -2.10. The van der Waals surface area contributed by atoms with Crippen molar-refractivity contribution in [3.63, 3.8) is 0 Å². The number of aromatic nitrogens is 1. The zero-order valence-corrected chi connectivity index (χ0v) is 39.4. The van der Waals surface area contributed by atoms with E-state index in [0.29, 0.717) is 0 Å². The van der Waals surface area contributed by atoms with E-state index in [1.54, 1.807) is 0 Å². The van der Waals surface area contributed by atoms with E-state index in [1.807, 2.05) is 0 Å². The minimum atomic E-state index is 0.0159. The molecule has 0 unspecified atom stereocenters. The smallest absolute Gasteiger partial charge is 0.136 e. The summed E-state index contributed by atoms with van der Waals surface area (Å²) in [5.41, 5.74) is 15.4. The number of fused-ring (bicyclic) bond motifs is 10. The summed E-state index contributed by atoms with van der Waals surface area (Å²) in [4.78, 5) is 0. The molecule has 0 aliphatic heterocycles. The molecule has 0 aliphatic rings. The van der Waals surface area contributed by atoms with Crippen LogP contribution in [0.2, 0.25) is 0 Å². The fraction of sp³-hybridized carbons (Fsp3) is 0.121. The Morgan fingerprint density at radius 3 is 1.28 bits per heavy atom. The van der Waals surface area contributed by atoms with Crippen molar-refractivity contribution in [1.82, 2.24) is 4.57 Å². The third kappa shape index (κ3) is 6.03. The molecule has 2 heterocycles. The van der Waals surface area contributed by atoms with E-state index in [0.717, 1.165) is 27.5 Å². The van der Waals surface area contributed by atoms with Crippen LogP contribution in [0.1, 0.15) is 52.7 Å². The van der Waals surface area contributed by atoms with Gasteiger partial charge in [0, 0.05) is 32.3 Å². The highest BCUT2D eigenvalue weighted by atomic mass is 16.3. The van der Waals surface area contributed by atoms with Crippen molar-refractivity contribution in [2.75, 3.05) is 0 Å². The zero-order valence-electron chi connectivity index (χ0n) is 39.4. The molecule has 0 fully saturated rings. The number of benzene rings is 11. The Balaban J connectivity index is 1.06. The van der Waals surface area contributed by atoms with Gasteiger partial charge < -0.3 is 8.98 Å². The van der Waals surface area contributed by atoms with E-state index >= 15 is 0 Å². The van der Waals surface area contributed by atoms with Gasteiger partial charge in [0.2, 0.25) is 0 Å². The molecular formula is C66H51NO. The van der Waals surface area contributed by atoms with Gasteiger partial charge in [-0.2, -0.15) is 0 Å². The van der Waals surface area contributed by atoms with E-state index in [2.05, 4.69) is 246 Å². The van der Waals surface area contributed by atoms with Gasteiger partial charge in [0.05, 0.1) is 16.7 Å². The van der Waals surface area contributed by atoms with E-state index in [9.17, 15) is 0 Å². The fourth-order valence-electron chi connectivity index (χ4n) is 11.4. The van der Waals surface area contributed by atoms with Crippen molar-refractivity contribution in [3.05, 3.63) is 211 Å². The third-order valence-corrected chi connectivity index (χ3v) is 14.7. The largest absolute Gasteiger partial charge is 0.456 e. The lowest BCUT2D eigenvalue weighted by Gasteiger charge is -2.21. The van der Waals surface area contributed by atoms with Crippen LogP contribution in [0.3, 0.4) is 0 Å². The molecule has 0 radical (unpaired) electrons. The number of hydrogen-bond acceptors (Lipinski definition) is 1. The predicted octanol–water partition coefficient (Wildman–Crippen LogP) is 18.9. The van der Waals surface area contributed by atoms with Crippen LogP contribution < -0.4 is 0 Å². The molecule has 11 aromatic carbocycles. The topological polar surface area (TPSA) is 18.1 Å². The van der Waals surface area contributed by atoms with Crippen molar-refractivity contribution in [3.8, 4) is 39.1 Å². The van der Waals surface area contributed by atoms with Crippen molar-refractivity contribution in [1.29, 1.82) is 0 Å². The van der Waals surface area contributed by atoms with Crippen LogP contribution in [0.5, 0.6) is 0 Å². The molecule has 0 bridgehead atoms. The average Bonchev–Trinajstić information content (AvgIpc) is 3.89. The van der Waals surface area contributed by atoms with Crippen LogP contribution in [0.15, 0.2) is 205 Å². The predicted molar refractivity (Wildman–Crippen MR) is 292 cm³/mol. The Kier molecular flexibility index (Phi) is 8.77. The van der Waals surface area contributed by atoms with Gasteiger partial charge in [-0.15, -0.1) is 0 Å². The fourth-order valence-corrected chi connectivity index (χ4v) is 11.4. The Bertz CT molecular complexity index is 4020. The van der Waals surface area contributed by atoms with Crippen LogP contribution >= 0.6 is 0 Å². The summed E-state index contributed by atoms with van der Waals surface area (Å²) in [6.45, 7) is 13.9. The van der Waals surface area contributed by atoms with Gasteiger partial charge in [-0.05, 0) is 130 Å². The Morgan fingerprint density at radius 1 is 0.324 bits per heavy atom. The molecular weight excluding hydrogens is 823 g/mol. The average molecular weight is 874 g/mol. The highest BCUT2D eigenvalue weighted by Gasteiger charge is 2.26. The maximum absolute atomic E-state index is 6.96. The minimum absolute atomic E-state index is 0.0159. The normalized spacial score (nSPS) is 12.6. The molecule has 326 valence electrons. The maximum atomic E-state index is 6.96. The molecule has 0 N–H and O–H groups in total. The first-order chi connectivity index (χ1) is 33.0. The minimum Gasteiger partial charge on any atom is -0.456 e. The van der Waals surface area contributed by atoms with E-state index in [-0.39, 0.29) is 10.8 Å². The van der Waals surface area contributed by atoms with Gasteiger partial charge in [0.15, 0.2) is 0 Å². The van der Waals surface area contributed by atoms with E-state index < -0.39 is 0 Å². The molecule has 0 saturated heterocycles. The summed E-state index contributed by atoms with van der Waals surface area (Å²) in [6, 6.07) is 74.3. The SMILES string of the molecule is CC(C)(C)c1ccc2c(c1)c1cc(C(C)(C)C)ccc1n2-c1c2ccccc2c(-c2cccc3oc4cc(-c5c6ccccc6c(-c6ccccc6)c6ccccc56)ccc4c23)c2ccccc12. The first kappa shape index (κ1) is 40.3. The van der Waals surface area contributed by atoms with Crippen LogP contribution in [-0.4, -0.2) is 4.57 Å². The second-order valence-corrected chi connectivity index (χ2v) is 20.8. The number of hydrogen-bond donors (Lipinski definition) is 0. The molecule has 0 atom stereocenters. The van der Waals surface area contributed by atoms with Crippen molar-refractivity contribution >= 4 is 86.8 Å². The number of rotatable bonds is 4. The molecule has 0 saturated carbocycles. The molecule has 68 heavy (non-hydrogen) atoms. The Morgan fingerprint density at radius 2 is 0.779 bits per heavy atom. The molecule has 2 aromatic heterocycles. The molecule has 13 aromatic rings. The Hall–Kier alpha value is -7.94. The summed E-state index contributed by atoms with van der Waals surface area (Å²) in [5, 5.41) is 14.6. The van der Waals surface area contributed by atoms with Crippen LogP contribution in [0.25, 0.3) is 126 Å². The quantitative estimate of drug-likeness (QED) is 0.161. The lowest BCUT2D eigenvalue weighted by atomic mass is 9.85. The van der Waals surface area contributed by atoms with E-state index in [1.165, 1.54) is 110 Å². The monoisotopic (exact) mass is 873 g/mol. The summed E-state index contributed by atoms with van der Waals surface area (Å²) in [6.07, 6.45) is 0. The molecule has 0 spiro atoms. The van der Waals surface area contributed by atoms with Gasteiger partial charge in [-0.3, -0.25) is 0 Å². The van der Waals surface area contributed by atoms with Crippen molar-refractivity contribution in [2.24, 2.45) is 0 Å². The van der Waals surface area contributed by atoms with Gasteiger partial charge in [0.25, 0.3) is 0 Å². The van der Waals surface area contributed by atoms with Crippen LogP contribution in [0, 0.1) is 0 Å². The second-order valence-electron chi connectivity index (χ2n) is 20.8. The second kappa shape index (κ2) is 14.8. The number of furan rings is 1. The summed E-state index contributed by atoms with van der Waals surface area (Å²) in [5.74, 6) is 0. The molecule has 2 nitrogen and oxygen atoms in total. The lowest BCUT2D eigenvalue weighted by molar-refractivity contribution is 0.590. The third-order valence-electron chi connectivity index (χ3n) is 14.7. The Labute approximate surface area is 396 Å². The standard InChI is InChI=1S/C66H51NO/c1-65(2,3)42-32-35-56-54(38-42)55-39-43(66(4,5)6)33-36-57(55)67(56)64-50-27-16-14-25-48(50)62(49-26-15-17-28-51(49)64)53-29-18-30-58-63(53)52-34-31-41(37-59(52)68-58)61-46-23-12-10-21-44(46)60(40-19-8-7-9-20-40)45-22-11-13-24-47(45)61/h7-39H,1-6H3. The highest BCUT2D eigenvalue weighted by Crippen LogP contribution is 2.49. The van der Waals surface area contributed by atoms with Crippen LogP contribution in [-0.2, 0) is 10.8 Å². The molecule has 2 heteroatoms. The van der Waals surface area contributed by atoms with Crippen molar-refractivity contribution in [2.45, 2.75) is 52.4 Å².